The highest BCUT2D eigenvalue weighted by Gasteiger charge is 2.25. The van der Waals surface area contributed by atoms with Crippen LogP contribution in [0.25, 0.3) is 0 Å². The molecule has 1 amide bonds. The van der Waals surface area contributed by atoms with Gasteiger partial charge in [0.1, 0.15) is 0 Å². The Balaban J connectivity index is 1.47. The number of nitrogens with zero attached hydrogens (tertiary/aromatic N) is 2. The van der Waals surface area contributed by atoms with Gasteiger partial charge in [0.25, 0.3) is 0 Å². The number of piperidine rings is 1. The molecule has 0 spiro atoms. The molecule has 1 unspecified atom stereocenters. The molecule has 1 aliphatic heterocycles. The van der Waals surface area contributed by atoms with E-state index in [2.05, 4.69) is 17.3 Å². The predicted molar refractivity (Wildman–Crippen MR) is 85.7 cm³/mol. The summed E-state index contributed by atoms with van der Waals surface area (Å²) < 4.78 is 0. The van der Waals surface area contributed by atoms with Gasteiger partial charge in [0.15, 0.2) is 0 Å². The van der Waals surface area contributed by atoms with E-state index in [9.17, 15) is 4.79 Å². The largest absolute Gasteiger partial charge is 0.354 e. The van der Waals surface area contributed by atoms with Gasteiger partial charge in [-0.3, -0.25) is 9.69 Å². The summed E-state index contributed by atoms with van der Waals surface area (Å²) in [5, 5.41) is 4.29. The third-order valence-electron chi connectivity index (χ3n) is 4.60. The number of carbonyl (C=O) groups excluding carboxylic acids is 1. The number of rotatable bonds is 4. The summed E-state index contributed by atoms with van der Waals surface area (Å²) in [5.74, 6) is 0.193. The number of nitrogens with one attached hydrogen (secondary N) is 1. The normalized spacial score (nSPS) is 22.8. The highest BCUT2D eigenvalue weighted by Crippen LogP contribution is 2.26. The fourth-order valence-electron chi connectivity index (χ4n) is 3.33. The Bertz CT molecular complexity index is 476. The molecule has 4 nitrogen and oxygen atoms in total. The number of aryl methyl sites for hydroxylation is 2. The summed E-state index contributed by atoms with van der Waals surface area (Å²) in [7, 11) is 2.05. The Morgan fingerprint density at radius 3 is 3.00 bits per heavy atom. The minimum absolute atomic E-state index is 0.0725. The van der Waals surface area contributed by atoms with E-state index in [4.69, 9.17) is 4.98 Å². The highest BCUT2D eigenvalue weighted by molar-refractivity contribution is 7.11. The van der Waals surface area contributed by atoms with Crippen LogP contribution in [0, 0.1) is 0 Å². The number of carbonyl (C=O) groups is 1. The zero-order valence-electron chi connectivity index (χ0n) is 12.9. The average Bonchev–Trinajstić information content (AvgIpc) is 2.90. The second kappa shape index (κ2) is 6.88. The fourth-order valence-corrected chi connectivity index (χ4v) is 4.49. The molecule has 1 aromatic rings. The highest BCUT2D eigenvalue weighted by atomic mass is 32.1. The van der Waals surface area contributed by atoms with Crippen molar-refractivity contribution in [2.45, 2.75) is 57.4 Å². The Morgan fingerprint density at radius 2 is 2.19 bits per heavy atom. The number of aromatic nitrogens is 1. The van der Waals surface area contributed by atoms with Crippen molar-refractivity contribution in [1.29, 1.82) is 0 Å². The second-order valence-corrected chi connectivity index (χ2v) is 7.39. The monoisotopic (exact) mass is 307 g/mol. The Morgan fingerprint density at radius 1 is 1.33 bits per heavy atom. The van der Waals surface area contributed by atoms with Gasteiger partial charge in [-0.2, -0.15) is 0 Å². The Kier molecular flexibility index (Phi) is 4.91. The number of amides is 1. The van der Waals surface area contributed by atoms with Gasteiger partial charge < -0.3 is 5.32 Å². The number of fused-ring (bicyclic) bond motifs is 1. The van der Waals surface area contributed by atoms with Gasteiger partial charge >= 0.3 is 0 Å². The van der Waals surface area contributed by atoms with E-state index in [1.54, 1.807) is 0 Å². The molecule has 0 aromatic carbocycles. The molecule has 0 bridgehead atoms. The predicted octanol–water partition coefficient (Wildman–Crippen LogP) is 2.16. The van der Waals surface area contributed by atoms with Crippen molar-refractivity contribution in [3.8, 4) is 0 Å². The van der Waals surface area contributed by atoms with Gasteiger partial charge in [-0.25, -0.2) is 4.98 Å². The molecule has 1 aliphatic carbocycles. The quantitative estimate of drug-likeness (QED) is 0.927. The fraction of sp³-hybridized carbons (Fsp3) is 0.750. The van der Waals surface area contributed by atoms with Crippen molar-refractivity contribution >= 4 is 17.2 Å². The maximum Gasteiger partial charge on any atom is 0.237 e. The van der Waals surface area contributed by atoms with Crippen LogP contribution in [-0.4, -0.2) is 42.0 Å². The number of thiazole rings is 1. The summed E-state index contributed by atoms with van der Waals surface area (Å²) >= 11 is 1.85. The van der Waals surface area contributed by atoms with Crippen molar-refractivity contribution in [3.63, 3.8) is 0 Å². The lowest BCUT2D eigenvalue weighted by Crippen LogP contribution is -2.47. The first-order valence-corrected chi connectivity index (χ1v) is 9.01. The van der Waals surface area contributed by atoms with Crippen LogP contribution in [0.5, 0.6) is 0 Å². The third-order valence-corrected chi connectivity index (χ3v) is 5.82. The smallest absolute Gasteiger partial charge is 0.237 e. The van der Waals surface area contributed by atoms with Crippen molar-refractivity contribution in [1.82, 2.24) is 15.2 Å². The molecule has 1 N–H and O–H groups in total. The van der Waals surface area contributed by atoms with Crippen LogP contribution in [-0.2, 0) is 24.1 Å². The molecule has 2 heterocycles. The van der Waals surface area contributed by atoms with Crippen LogP contribution in [0.4, 0.5) is 0 Å². The first-order valence-electron chi connectivity index (χ1n) is 8.19. The van der Waals surface area contributed by atoms with E-state index in [0.29, 0.717) is 0 Å². The summed E-state index contributed by atoms with van der Waals surface area (Å²) in [4.78, 5) is 20.6. The lowest BCUT2D eigenvalue weighted by molar-refractivity contribution is -0.126. The van der Waals surface area contributed by atoms with Crippen LogP contribution >= 0.6 is 11.3 Å². The van der Waals surface area contributed by atoms with Gasteiger partial charge in [-0.15, -0.1) is 11.3 Å². The van der Waals surface area contributed by atoms with Crippen molar-refractivity contribution in [2.75, 3.05) is 20.1 Å². The molecule has 5 heteroatoms. The molecule has 0 radical (unpaired) electrons. The molecular weight excluding hydrogens is 282 g/mol. The van der Waals surface area contributed by atoms with Gasteiger partial charge in [0.05, 0.1) is 16.7 Å². The number of hydrogen-bond acceptors (Lipinski definition) is 4. The molecule has 1 fully saturated rings. The summed E-state index contributed by atoms with van der Waals surface area (Å²) in [6.45, 7) is 1.76. The first kappa shape index (κ1) is 15.0. The van der Waals surface area contributed by atoms with Crippen LogP contribution in [0.2, 0.25) is 0 Å². The van der Waals surface area contributed by atoms with Crippen LogP contribution in [0.15, 0.2) is 0 Å². The molecule has 116 valence electrons. The molecule has 3 rings (SSSR count). The van der Waals surface area contributed by atoms with E-state index in [-0.39, 0.29) is 11.9 Å². The van der Waals surface area contributed by atoms with E-state index < -0.39 is 0 Å². The standard InChI is InChI=1S/C16H25N3OS/c1-19-11-5-4-7-13(19)16(20)17-10-9-15-18-12-6-2-3-8-14(12)21-15/h13H,2-11H2,1H3,(H,17,20). The van der Waals surface area contributed by atoms with E-state index >= 15 is 0 Å². The van der Waals surface area contributed by atoms with Crippen LogP contribution < -0.4 is 5.32 Å². The number of likely N-dealkylation sites (N-methyl/N-ethyl adjacent to an activating group) is 1. The maximum absolute atomic E-state index is 12.2. The SMILES string of the molecule is CN1CCCCC1C(=O)NCCc1nc2c(s1)CCCC2. The van der Waals surface area contributed by atoms with E-state index in [1.807, 2.05) is 11.3 Å². The Labute approximate surface area is 130 Å². The topological polar surface area (TPSA) is 45.2 Å². The zero-order valence-corrected chi connectivity index (χ0v) is 13.7. The van der Waals surface area contributed by atoms with Gasteiger partial charge in [0.2, 0.25) is 5.91 Å². The average molecular weight is 307 g/mol. The van der Waals surface area contributed by atoms with Gasteiger partial charge in [-0.05, 0) is 52.1 Å². The summed E-state index contributed by atoms with van der Waals surface area (Å²) in [5.41, 5.74) is 1.32. The summed E-state index contributed by atoms with van der Waals surface area (Å²) in [6, 6.07) is 0.0725. The minimum atomic E-state index is 0.0725. The lowest BCUT2D eigenvalue weighted by atomic mass is 10.0. The molecule has 2 aliphatic rings. The maximum atomic E-state index is 12.2. The number of hydrogen-bond donors (Lipinski definition) is 1. The van der Waals surface area contributed by atoms with Gasteiger partial charge in [0, 0.05) is 17.8 Å². The van der Waals surface area contributed by atoms with E-state index in [1.165, 1.54) is 47.7 Å². The molecule has 21 heavy (non-hydrogen) atoms. The van der Waals surface area contributed by atoms with Crippen molar-refractivity contribution in [2.24, 2.45) is 0 Å². The van der Waals surface area contributed by atoms with Crippen LogP contribution in [0.1, 0.15) is 47.7 Å². The van der Waals surface area contributed by atoms with Gasteiger partial charge in [-0.1, -0.05) is 6.42 Å². The van der Waals surface area contributed by atoms with Crippen molar-refractivity contribution in [3.05, 3.63) is 15.6 Å². The third kappa shape index (κ3) is 3.64. The van der Waals surface area contributed by atoms with E-state index in [0.717, 1.165) is 32.4 Å². The molecule has 1 aromatic heterocycles. The first-order chi connectivity index (χ1) is 10.2. The molecule has 1 atom stereocenters. The minimum Gasteiger partial charge on any atom is -0.354 e. The lowest BCUT2D eigenvalue weighted by Gasteiger charge is -2.31. The second-order valence-electron chi connectivity index (χ2n) is 6.22. The van der Waals surface area contributed by atoms with Crippen LogP contribution in [0.3, 0.4) is 0 Å². The molecule has 1 saturated heterocycles. The molecule has 0 saturated carbocycles. The molecular formula is C16H25N3OS. The Hall–Kier alpha value is -0.940. The number of likely N-dealkylation sites (tertiary alicyclic amines) is 1. The zero-order chi connectivity index (χ0) is 14.7. The van der Waals surface area contributed by atoms with Crippen molar-refractivity contribution < 1.29 is 4.79 Å². The summed E-state index contributed by atoms with van der Waals surface area (Å²) in [6.07, 6.45) is 9.18.